The number of nitrogens with zero attached hydrogens (tertiary/aromatic N) is 1. The predicted molar refractivity (Wildman–Crippen MR) is 57.6 cm³/mol. The molecular formula is C11H23NO2. The van der Waals surface area contributed by atoms with Crippen LogP contribution >= 0.6 is 0 Å². The Morgan fingerprint density at radius 3 is 2.50 bits per heavy atom. The third-order valence-corrected chi connectivity index (χ3v) is 2.64. The van der Waals surface area contributed by atoms with Crippen molar-refractivity contribution in [3.63, 3.8) is 0 Å². The van der Waals surface area contributed by atoms with Gasteiger partial charge >= 0.3 is 0 Å². The van der Waals surface area contributed by atoms with Crippen LogP contribution in [0.2, 0.25) is 0 Å². The van der Waals surface area contributed by atoms with E-state index in [-0.39, 0.29) is 0 Å². The average Bonchev–Trinajstić information content (AvgIpc) is 2.25. The van der Waals surface area contributed by atoms with Crippen LogP contribution in [-0.2, 0) is 9.47 Å². The second kappa shape index (κ2) is 8.21. The summed E-state index contributed by atoms with van der Waals surface area (Å²) >= 11 is 0. The first kappa shape index (κ1) is 12.0. The standard InChI is InChI=1S/C11H23NO2/c1-13-9-5-10-14-11-8-12-6-3-2-4-7-12/h2-11H2,1H3. The van der Waals surface area contributed by atoms with Crippen molar-refractivity contribution in [3.8, 4) is 0 Å². The molecule has 1 rings (SSSR count). The third-order valence-electron chi connectivity index (χ3n) is 2.64. The van der Waals surface area contributed by atoms with E-state index in [9.17, 15) is 0 Å². The fourth-order valence-electron chi connectivity index (χ4n) is 1.78. The zero-order chi connectivity index (χ0) is 10.1. The van der Waals surface area contributed by atoms with E-state index in [1.54, 1.807) is 7.11 Å². The van der Waals surface area contributed by atoms with E-state index in [2.05, 4.69) is 4.90 Å². The van der Waals surface area contributed by atoms with Crippen LogP contribution in [0.25, 0.3) is 0 Å². The Morgan fingerprint density at radius 2 is 1.79 bits per heavy atom. The number of piperidine rings is 1. The Bertz CT molecular complexity index is 124. The lowest BCUT2D eigenvalue weighted by atomic mass is 10.1. The van der Waals surface area contributed by atoms with Crippen molar-refractivity contribution in [1.29, 1.82) is 0 Å². The van der Waals surface area contributed by atoms with Crippen LogP contribution in [-0.4, -0.2) is 51.5 Å². The molecule has 0 radical (unpaired) electrons. The Labute approximate surface area is 87.4 Å². The lowest BCUT2D eigenvalue weighted by Crippen LogP contribution is -2.32. The van der Waals surface area contributed by atoms with Crippen LogP contribution in [0.15, 0.2) is 0 Å². The first-order valence-corrected chi connectivity index (χ1v) is 5.72. The highest BCUT2D eigenvalue weighted by molar-refractivity contribution is 4.63. The van der Waals surface area contributed by atoms with Crippen molar-refractivity contribution < 1.29 is 9.47 Å². The van der Waals surface area contributed by atoms with Gasteiger partial charge in [-0.15, -0.1) is 0 Å². The molecule has 0 bridgehead atoms. The van der Waals surface area contributed by atoms with Crippen molar-refractivity contribution in [1.82, 2.24) is 4.90 Å². The summed E-state index contributed by atoms with van der Waals surface area (Å²) < 4.78 is 10.5. The number of hydrogen-bond acceptors (Lipinski definition) is 3. The van der Waals surface area contributed by atoms with Gasteiger partial charge in [0.25, 0.3) is 0 Å². The smallest absolute Gasteiger partial charge is 0.0593 e. The molecule has 1 saturated heterocycles. The number of rotatable bonds is 7. The van der Waals surface area contributed by atoms with Crippen molar-refractivity contribution >= 4 is 0 Å². The fraction of sp³-hybridized carbons (Fsp3) is 1.00. The quantitative estimate of drug-likeness (QED) is 0.583. The lowest BCUT2D eigenvalue weighted by Gasteiger charge is -2.26. The van der Waals surface area contributed by atoms with Gasteiger partial charge in [0.15, 0.2) is 0 Å². The molecule has 0 spiro atoms. The van der Waals surface area contributed by atoms with Gasteiger partial charge in [0.2, 0.25) is 0 Å². The van der Waals surface area contributed by atoms with Crippen molar-refractivity contribution in [2.24, 2.45) is 0 Å². The first-order chi connectivity index (χ1) is 6.93. The van der Waals surface area contributed by atoms with Gasteiger partial charge in [0.1, 0.15) is 0 Å². The molecule has 0 atom stereocenters. The number of methoxy groups -OCH3 is 1. The Kier molecular flexibility index (Phi) is 7.01. The van der Waals surface area contributed by atoms with Crippen LogP contribution in [0.3, 0.4) is 0 Å². The van der Waals surface area contributed by atoms with Gasteiger partial charge in [0, 0.05) is 26.9 Å². The Morgan fingerprint density at radius 1 is 1.00 bits per heavy atom. The highest BCUT2D eigenvalue weighted by Crippen LogP contribution is 2.07. The second-order valence-corrected chi connectivity index (χ2v) is 3.86. The minimum Gasteiger partial charge on any atom is -0.385 e. The molecule has 0 aromatic heterocycles. The second-order valence-electron chi connectivity index (χ2n) is 3.86. The molecule has 3 heteroatoms. The van der Waals surface area contributed by atoms with Crippen LogP contribution in [0.1, 0.15) is 25.7 Å². The summed E-state index contributed by atoms with van der Waals surface area (Å²) in [5.41, 5.74) is 0. The zero-order valence-corrected chi connectivity index (χ0v) is 9.33. The highest BCUT2D eigenvalue weighted by Gasteiger charge is 2.08. The van der Waals surface area contributed by atoms with Gasteiger partial charge in [-0.3, -0.25) is 0 Å². The molecule has 84 valence electrons. The van der Waals surface area contributed by atoms with Gasteiger partial charge in [-0.1, -0.05) is 6.42 Å². The number of likely N-dealkylation sites (tertiary alicyclic amines) is 1. The molecule has 14 heavy (non-hydrogen) atoms. The van der Waals surface area contributed by atoms with Gasteiger partial charge in [-0.05, 0) is 32.4 Å². The molecule has 3 nitrogen and oxygen atoms in total. The van der Waals surface area contributed by atoms with E-state index in [0.29, 0.717) is 0 Å². The van der Waals surface area contributed by atoms with E-state index < -0.39 is 0 Å². The molecule has 0 saturated carbocycles. The summed E-state index contributed by atoms with van der Waals surface area (Å²) in [6.07, 6.45) is 5.15. The first-order valence-electron chi connectivity index (χ1n) is 5.72. The summed E-state index contributed by atoms with van der Waals surface area (Å²) in [5.74, 6) is 0. The largest absolute Gasteiger partial charge is 0.385 e. The molecule has 1 aliphatic heterocycles. The SMILES string of the molecule is COCCCOCCN1CCCCC1. The third kappa shape index (κ3) is 5.58. The molecule has 1 heterocycles. The van der Waals surface area contributed by atoms with Crippen LogP contribution in [0.5, 0.6) is 0 Å². The van der Waals surface area contributed by atoms with Crippen molar-refractivity contribution in [2.45, 2.75) is 25.7 Å². The summed E-state index contributed by atoms with van der Waals surface area (Å²) in [6, 6.07) is 0. The predicted octanol–water partition coefficient (Wildman–Crippen LogP) is 1.53. The van der Waals surface area contributed by atoms with E-state index in [0.717, 1.165) is 32.8 Å². The van der Waals surface area contributed by atoms with E-state index in [1.165, 1.54) is 32.4 Å². The minimum atomic E-state index is 0.809. The molecule has 1 fully saturated rings. The maximum atomic E-state index is 5.52. The van der Waals surface area contributed by atoms with E-state index in [4.69, 9.17) is 9.47 Å². The monoisotopic (exact) mass is 201 g/mol. The molecule has 0 aliphatic carbocycles. The molecule has 0 unspecified atom stereocenters. The van der Waals surface area contributed by atoms with Gasteiger partial charge < -0.3 is 14.4 Å². The van der Waals surface area contributed by atoms with Crippen LogP contribution in [0.4, 0.5) is 0 Å². The summed E-state index contributed by atoms with van der Waals surface area (Å²) in [4.78, 5) is 2.50. The topological polar surface area (TPSA) is 21.7 Å². The molecule has 0 N–H and O–H groups in total. The Hall–Kier alpha value is -0.120. The summed E-state index contributed by atoms with van der Waals surface area (Å²) in [7, 11) is 1.73. The number of hydrogen-bond donors (Lipinski definition) is 0. The maximum Gasteiger partial charge on any atom is 0.0593 e. The summed E-state index contributed by atoms with van der Waals surface area (Å²) in [5, 5.41) is 0. The van der Waals surface area contributed by atoms with Crippen LogP contribution < -0.4 is 0 Å². The molecule has 0 aromatic rings. The Balaban J connectivity index is 1.82. The van der Waals surface area contributed by atoms with Gasteiger partial charge in [0.05, 0.1) is 6.61 Å². The molecule has 0 amide bonds. The highest BCUT2D eigenvalue weighted by atomic mass is 16.5. The van der Waals surface area contributed by atoms with Gasteiger partial charge in [-0.25, -0.2) is 0 Å². The normalized spacial score (nSPS) is 18.6. The van der Waals surface area contributed by atoms with E-state index >= 15 is 0 Å². The fourth-order valence-corrected chi connectivity index (χ4v) is 1.78. The van der Waals surface area contributed by atoms with Crippen molar-refractivity contribution in [2.75, 3.05) is 46.6 Å². The molecule has 1 aliphatic rings. The number of ether oxygens (including phenoxy) is 2. The summed E-state index contributed by atoms with van der Waals surface area (Å²) in [6.45, 7) is 6.16. The zero-order valence-electron chi connectivity index (χ0n) is 9.33. The average molecular weight is 201 g/mol. The van der Waals surface area contributed by atoms with Crippen molar-refractivity contribution in [3.05, 3.63) is 0 Å². The molecular weight excluding hydrogens is 178 g/mol. The minimum absolute atomic E-state index is 0.809. The lowest BCUT2D eigenvalue weighted by molar-refractivity contribution is 0.0791. The maximum absolute atomic E-state index is 5.52. The van der Waals surface area contributed by atoms with Crippen LogP contribution in [0, 0.1) is 0 Å². The van der Waals surface area contributed by atoms with E-state index in [1.807, 2.05) is 0 Å². The van der Waals surface area contributed by atoms with Gasteiger partial charge in [-0.2, -0.15) is 0 Å². The molecule has 0 aromatic carbocycles.